The predicted octanol–water partition coefficient (Wildman–Crippen LogP) is 0.395. The molecule has 1 aromatic rings. The summed E-state index contributed by atoms with van der Waals surface area (Å²) in [6.45, 7) is -0.00550. The molecule has 1 aliphatic heterocycles. The molecule has 2 atom stereocenters. The van der Waals surface area contributed by atoms with E-state index in [1.165, 1.54) is 18.5 Å². The molecule has 0 aromatic carbocycles. The summed E-state index contributed by atoms with van der Waals surface area (Å²) in [4.78, 5) is 28.1. The van der Waals surface area contributed by atoms with Crippen LogP contribution in [0.4, 0.5) is 0 Å². The summed E-state index contributed by atoms with van der Waals surface area (Å²) in [6, 6.07) is 0.408. The number of aromatic nitrogens is 1. The topological polar surface area (TPSA) is 90.7 Å². The number of β-amino-alcohol motifs (C(OH)–C–C–N with tert-alkyl or cyclic N) is 1. The van der Waals surface area contributed by atoms with E-state index in [1.54, 1.807) is 0 Å². The molecule has 1 aliphatic rings. The van der Waals surface area contributed by atoms with Gasteiger partial charge in [-0.05, 0) is 6.07 Å². The monoisotopic (exact) mass is 270 g/mol. The van der Waals surface area contributed by atoms with Gasteiger partial charge in [-0.25, -0.2) is 4.79 Å². The van der Waals surface area contributed by atoms with E-state index in [2.05, 4.69) is 4.98 Å². The SMILES string of the molecule is O=C(O)[C@@H]1CC(O)CN1C(=O)c1ccncc1Cl. The van der Waals surface area contributed by atoms with Crippen LogP contribution in [0, 0.1) is 0 Å². The van der Waals surface area contributed by atoms with E-state index in [4.69, 9.17) is 16.7 Å². The van der Waals surface area contributed by atoms with Crippen molar-refractivity contribution in [3.8, 4) is 0 Å². The lowest BCUT2D eigenvalue weighted by atomic mass is 10.2. The van der Waals surface area contributed by atoms with Gasteiger partial charge in [-0.3, -0.25) is 9.78 Å². The normalized spacial score (nSPS) is 23.1. The highest BCUT2D eigenvalue weighted by Crippen LogP contribution is 2.23. The molecular weight excluding hydrogens is 260 g/mol. The molecule has 0 radical (unpaired) electrons. The molecule has 2 rings (SSSR count). The Bertz CT molecular complexity index is 494. The summed E-state index contributed by atoms with van der Waals surface area (Å²) < 4.78 is 0. The number of likely N-dealkylation sites (tertiary alicyclic amines) is 1. The third-order valence-electron chi connectivity index (χ3n) is 2.83. The molecule has 7 heteroatoms. The highest BCUT2D eigenvalue weighted by molar-refractivity contribution is 6.33. The van der Waals surface area contributed by atoms with Crippen LogP contribution in [-0.2, 0) is 4.79 Å². The standard InChI is InChI=1S/C11H11ClN2O4/c12-8-4-13-2-1-7(8)10(16)14-5-6(15)3-9(14)11(17)18/h1-2,4,6,9,15H,3,5H2,(H,17,18)/t6?,9-/m0/s1. The van der Waals surface area contributed by atoms with Crippen molar-refractivity contribution in [2.24, 2.45) is 0 Å². The first-order valence-corrected chi connectivity index (χ1v) is 5.70. The third-order valence-corrected chi connectivity index (χ3v) is 3.13. The lowest BCUT2D eigenvalue weighted by Gasteiger charge is -2.21. The molecule has 1 amide bonds. The van der Waals surface area contributed by atoms with Gasteiger partial charge < -0.3 is 15.1 Å². The largest absolute Gasteiger partial charge is 0.480 e. The molecule has 0 aliphatic carbocycles. The maximum absolute atomic E-state index is 12.2. The molecule has 1 unspecified atom stereocenters. The number of rotatable bonds is 2. The fraction of sp³-hybridized carbons (Fsp3) is 0.364. The fourth-order valence-corrected chi connectivity index (χ4v) is 2.18. The van der Waals surface area contributed by atoms with Gasteiger partial charge in [-0.15, -0.1) is 0 Å². The van der Waals surface area contributed by atoms with E-state index < -0.39 is 24.0 Å². The van der Waals surface area contributed by atoms with Gasteiger partial charge in [0.25, 0.3) is 5.91 Å². The van der Waals surface area contributed by atoms with E-state index in [9.17, 15) is 14.7 Å². The number of carbonyl (C=O) groups is 2. The zero-order valence-corrected chi connectivity index (χ0v) is 10.0. The minimum atomic E-state index is -1.13. The number of carboxylic acids is 1. The van der Waals surface area contributed by atoms with Crippen molar-refractivity contribution in [3.05, 3.63) is 29.0 Å². The second-order valence-electron chi connectivity index (χ2n) is 4.06. The number of amides is 1. The predicted molar refractivity (Wildman–Crippen MR) is 62.3 cm³/mol. The highest BCUT2D eigenvalue weighted by atomic mass is 35.5. The first-order chi connectivity index (χ1) is 8.50. The minimum absolute atomic E-state index is 0.00550. The average Bonchev–Trinajstić information content (AvgIpc) is 2.71. The minimum Gasteiger partial charge on any atom is -0.480 e. The number of hydrogen-bond donors (Lipinski definition) is 2. The van der Waals surface area contributed by atoms with Crippen LogP contribution in [0.2, 0.25) is 5.02 Å². The quantitative estimate of drug-likeness (QED) is 0.811. The van der Waals surface area contributed by atoms with Crippen LogP contribution >= 0.6 is 11.6 Å². The second kappa shape index (κ2) is 4.91. The maximum atomic E-state index is 12.2. The second-order valence-corrected chi connectivity index (χ2v) is 4.46. The van der Waals surface area contributed by atoms with E-state index in [0.717, 1.165) is 4.90 Å². The molecule has 1 saturated heterocycles. The Morgan fingerprint density at radius 3 is 2.83 bits per heavy atom. The maximum Gasteiger partial charge on any atom is 0.326 e. The Morgan fingerprint density at radius 2 is 2.22 bits per heavy atom. The number of hydrogen-bond acceptors (Lipinski definition) is 4. The van der Waals surface area contributed by atoms with Gasteiger partial charge in [0.15, 0.2) is 0 Å². The number of nitrogens with zero attached hydrogens (tertiary/aromatic N) is 2. The molecule has 1 fully saturated rings. The number of carbonyl (C=O) groups excluding carboxylic acids is 1. The molecule has 2 N–H and O–H groups in total. The van der Waals surface area contributed by atoms with Crippen molar-refractivity contribution in [2.45, 2.75) is 18.6 Å². The van der Waals surface area contributed by atoms with Crippen LogP contribution in [0.1, 0.15) is 16.8 Å². The van der Waals surface area contributed by atoms with Gasteiger partial charge in [-0.1, -0.05) is 11.6 Å². The molecule has 0 bridgehead atoms. The van der Waals surface area contributed by atoms with E-state index in [1.807, 2.05) is 0 Å². The molecular formula is C11H11ClN2O4. The van der Waals surface area contributed by atoms with Crippen molar-refractivity contribution in [1.82, 2.24) is 9.88 Å². The van der Waals surface area contributed by atoms with Gasteiger partial charge in [0, 0.05) is 25.4 Å². The molecule has 0 spiro atoms. The van der Waals surface area contributed by atoms with E-state index >= 15 is 0 Å². The lowest BCUT2D eigenvalue weighted by Crippen LogP contribution is -2.40. The van der Waals surface area contributed by atoms with Crippen LogP contribution < -0.4 is 0 Å². The van der Waals surface area contributed by atoms with E-state index in [-0.39, 0.29) is 23.6 Å². The summed E-state index contributed by atoms with van der Waals surface area (Å²) in [6.07, 6.45) is 1.93. The highest BCUT2D eigenvalue weighted by Gasteiger charge is 2.39. The Labute approximate surface area is 108 Å². The zero-order chi connectivity index (χ0) is 13.3. The van der Waals surface area contributed by atoms with Gasteiger partial charge >= 0.3 is 5.97 Å². The van der Waals surface area contributed by atoms with Gasteiger partial charge in [0.05, 0.1) is 16.7 Å². The number of aliphatic hydroxyl groups excluding tert-OH is 1. The van der Waals surface area contributed by atoms with Crippen molar-refractivity contribution in [2.75, 3.05) is 6.54 Å². The van der Waals surface area contributed by atoms with Crippen LogP contribution in [0.5, 0.6) is 0 Å². The van der Waals surface area contributed by atoms with Crippen LogP contribution in [0.3, 0.4) is 0 Å². The van der Waals surface area contributed by atoms with Crippen molar-refractivity contribution < 1.29 is 19.8 Å². The first kappa shape index (κ1) is 12.8. The average molecular weight is 271 g/mol. The van der Waals surface area contributed by atoms with E-state index in [0.29, 0.717) is 0 Å². The van der Waals surface area contributed by atoms with Gasteiger partial charge in [0.2, 0.25) is 0 Å². The van der Waals surface area contributed by atoms with Crippen LogP contribution in [0.25, 0.3) is 0 Å². The molecule has 2 heterocycles. The number of halogens is 1. The number of carboxylic acid groups (broad SMARTS) is 1. The number of aliphatic hydroxyl groups is 1. The van der Waals surface area contributed by atoms with Gasteiger partial charge in [0.1, 0.15) is 6.04 Å². The summed E-state index contributed by atoms with van der Waals surface area (Å²) in [7, 11) is 0. The molecule has 1 aromatic heterocycles. The summed E-state index contributed by atoms with van der Waals surface area (Å²) >= 11 is 5.84. The van der Waals surface area contributed by atoms with Crippen molar-refractivity contribution >= 4 is 23.5 Å². The fourth-order valence-electron chi connectivity index (χ4n) is 1.98. The zero-order valence-electron chi connectivity index (χ0n) is 9.28. The Balaban J connectivity index is 2.28. The summed E-state index contributed by atoms with van der Waals surface area (Å²) in [5, 5.41) is 18.7. The van der Waals surface area contributed by atoms with Crippen molar-refractivity contribution in [3.63, 3.8) is 0 Å². The third kappa shape index (κ3) is 2.30. The van der Waals surface area contributed by atoms with Crippen LogP contribution in [0.15, 0.2) is 18.5 Å². The molecule has 6 nitrogen and oxygen atoms in total. The molecule has 0 saturated carbocycles. The summed E-state index contributed by atoms with van der Waals surface area (Å²) in [5.41, 5.74) is 0.187. The van der Waals surface area contributed by atoms with Gasteiger partial charge in [-0.2, -0.15) is 0 Å². The smallest absolute Gasteiger partial charge is 0.326 e. The summed E-state index contributed by atoms with van der Waals surface area (Å²) in [5.74, 6) is -1.64. The van der Waals surface area contributed by atoms with Crippen molar-refractivity contribution in [1.29, 1.82) is 0 Å². The molecule has 96 valence electrons. The number of aliphatic carboxylic acids is 1. The molecule has 18 heavy (non-hydrogen) atoms. The lowest BCUT2D eigenvalue weighted by molar-refractivity contribution is -0.141. The number of pyridine rings is 1. The Morgan fingerprint density at radius 1 is 1.50 bits per heavy atom. The Hall–Kier alpha value is -1.66. The van der Waals surface area contributed by atoms with Crippen LogP contribution in [-0.4, -0.2) is 50.7 Å². The first-order valence-electron chi connectivity index (χ1n) is 5.32. The Kier molecular flexibility index (Phi) is 3.49.